The van der Waals surface area contributed by atoms with Crippen LogP contribution in [0.5, 0.6) is 11.5 Å². The zero-order valence-electron chi connectivity index (χ0n) is 47.1. The molecule has 0 saturated heterocycles. The van der Waals surface area contributed by atoms with Crippen molar-refractivity contribution in [1.29, 1.82) is 0 Å². The number of hydrogen-bond acceptors (Lipinski definition) is 6. The second-order valence-corrected chi connectivity index (χ2v) is 24.8. The Labute approximate surface area is 441 Å². The third-order valence-corrected chi connectivity index (χ3v) is 18.6. The summed E-state index contributed by atoms with van der Waals surface area (Å²) in [4.78, 5) is 0. The number of hydrogen-bond donors (Lipinski definition) is 0. The molecule has 0 heterocycles. The van der Waals surface area contributed by atoms with E-state index in [0.717, 1.165) is 76.1 Å². The molecule has 408 valence electrons. The van der Waals surface area contributed by atoms with Gasteiger partial charge in [0.2, 0.25) is 0 Å². The van der Waals surface area contributed by atoms with E-state index in [-0.39, 0.29) is 17.6 Å². The zero-order valence-corrected chi connectivity index (χ0v) is 48.8. The Hall–Kier alpha value is -1.26. The van der Waals surface area contributed by atoms with Gasteiger partial charge in [-0.2, -0.15) is 0 Å². The molecule has 0 N–H and O–H groups in total. The summed E-state index contributed by atoms with van der Waals surface area (Å²) in [6, 6.07) is 17.4. The fraction of sp³-hybridized carbons (Fsp3) is 0.810. The summed E-state index contributed by atoms with van der Waals surface area (Å²) < 4.78 is 39.9. The Morgan fingerprint density at radius 3 is 1.08 bits per heavy atom. The van der Waals surface area contributed by atoms with Crippen LogP contribution < -0.4 is 9.05 Å². The molecule has 6 nitrogen and oxygen atoms in total. The molecule has 2 aromatic carbocycles. The van der Waals surface area contributed by atoms with Crippen molar-refractivity contribution in [1.82, 2.24) is 0 Å². The summed E-state index contributed by atoms with van der Waals surface area (Å²) in [6.07, 6.45) is 48.2. The van der Waals surface area contributed by atoms with E-state index in [9.17, 15) is 0 Å². The molecule has 0 bridgehead atoms. The summed E-state index contributed by atoms with van der Waals surface area (Å²) in [7, 11) is -2.92. The minimum atomic E-state index is -1.63. The average Bonchev–Trinajstić information content (AvgIpc) is 3.38. The highest BCUT2D eigenvalue weighted by Gasteiger charge is 2.42. The van der Waals surface area contributed by atoms with Crippen molar-refractivity contribution in [3.8, 4) is 11.5 Å². The van der Waals surface area contributed by atoms with Gasteiger partial charge in [-0.25, -0.2) is 0 Å². The molecule has 8 heteroatoms. The second kappa shape index (κ2) is 40.1. The van der Waals surface area contributed by atoms with Gasteiger partial charge in [0.1, 0.15) is 11.5 Å². The van der Waals surface area contributed by atoms with Crippen LogP contribution in [0.2, 0.25) is 0 Å². The summed E-state index contributed by atoms with van der Waals surface area (Å²) in [5.74, 6) is 3.09. The fourth-order valence-corrected chi connectivity index (χ4v) is 13.6. The number of rotatable bonds is 44. The van der Waals surface area contributed by atoms with Gasteiger partial charge in [-0.3, -0.25) is 4.52 Å². The first-order valence-corrected chi connectivity index (χ1v) is 32.8. The molecular formula is C63H110O6P2. The number of benzene rings is 2. The van der Waals surface area contributed by atoms with Gasteiger partial charge in [0.05, 0.1) is 25.4 Å². The summed E-state index contributed by atoms with van der Waals surface area (Å²) >= 11 is 0. The minimum Gasteiger partial charge on any atom is -0.418 e. The maximum absolute atomic E-state index is 6.93. The number of unbranched alkanes of at least 4 members (excludes halogenated alkanes) is 24. The van der Waals surface area contributed by atoms with Gasteiger partial charge >= 0.3 is 17.2 Å². The van der Waals surface area contributed by atoms with Crippen LogP contribution in [-0.4, -0.2) is 25.4 Å². The van der Waals surface area contributed by atoms with E-state index in [2.05, 4.69) is 90.1 Å². The first kappa shape index (κ1) is 62.3. The van der Waals surface area contributed by atoms with Crippen LogP contribution >= 0.6 is 17.2 Å². The Morgan fingerprint density at radius 2 is 0.718 bits per heavy atom. The molecule has 0 aromatic heterocycles. The molecule has 2 aliphatic carbocycles. The number of aryl methyl sites for hydroxylation is 2. The molecule has 4 rings (SSSR count). The maximum atomic E-state index is 6.93. The lowest BCUT2D eigenvalue weighted by molar-refractivity contribution is 0.00531. The quantitative estimate of drug-likeness (QED) is 0.0487. The predicted octanol–water partition coefficient (Wildman–Crippen LogP) is 21.9. The Balaban J connectivity index is 1.28. The molecule has 2 saturated carbocycles. The molecular weight excluding hydrogens is 915 g/mol. The van der Waals surface area contributed by atoms with Gasteiger partial charge in [-0.15, -0.1) is 0 Å². The van der Waals surface area contributed by atoms with Gasteiger partial charge in [0.25, 0.3) is 0 Å². The standard InChI is InChI=1S/C63H110O6P2/c1-7-11-15-19-23-27-31-37-55-39-35-41-61(53-55)68-71(69-62-42-36-40-56(54-62)38-32-28-24-20-16-12-8-2)67-60-49-45-58(46-50-60)63(5,6)57-43-47-59(48-44-57)66-70(64-51-33-29-25-21-17-13-9-3)65-52-34-30-26-22-18-14-10-4/h35-36,39-42,53-54,57-60H,7-34,37-38,43-52H2,1-6H3. The first-order valence-electron chi connectivity index (χ1n) is 30.6. The van der Waals surface area contributed by atoms with E-state index in [1.165, 1.54) is 204 Å². The molecule has 2 aromatic rings. The first-order chi connectivity index (χ1) is 34.8. The van der Waals surface area contributed by atoms with Crippen molar-refractivity contribution in [2.24, 2.45) is 17.3 Å². The molecule has 2 fully saturated rings. The van der Waals surface area contributed by atoms with Crippen molar-refractivity contribution in [3.63, 3.8) is 0 Å². The summed E-state index contributed by atoms with van der Waals surface area (Å²) in [5.41, 5.74) is 2.95. The molecule has 0 radical (unpaired) electrons. The van der Waals surface area contributed by atoms with Crippen LogP contribution in [0, 0.1) is 17.3 Å². The highest BCUT2D eigenvalue weighted by atomic mass is 31.2. The van der Waals surface area contributed by atoms with Crippen molar-refractivity contribution >= 4 is 17.2 Å². The monoisotopic (exact) mass is 1020 g/mol. The normalized spacial score (nSPS) is 18.7. The van der Waals surface area contributed by atoms with E-state index >= 15 is 0 Å². The minimum absolute atomic E-state index is 0.130. The van der Waals surface area contributed by atoms with Crippen LogP contribution in [-0.2, 0) is 30.9 Å². The van der Waals surface area contributed by atoms with Gasteiger partial charge in [0, 0.05) is 0 Å². The SMILES string of the molecule is CCCCCCCCCOP(OCCCCCCCCC)OC1CCC(C(C)(C)C2CCC(OP(Oc3cccc(CCCCCCCCC)c3)Oc3cccc(CCCCCCCCC)c3)CC2)CC1. The van der Waals surface area contributed by atoms with Crippen LogP contribution in [0.3, 0.4) is 0 Å². The van der Waals surface area contributed by atoms with Crippen molar-refractivity contribution in [3.05, 3.63) is 59.7 Å². The Morgan fingerprint density at radius 1 is 0.394 bits per heavy atom. The van der Waals surface area contributed by atoms with Gasteiger partial charge < -0.3 is 22.6 Å². The third kappa shape index (κ3) is 27.9. The fourth-order valence-electron chi connectivity index (χ4n) is 11.2. The van der Waals surface area contributed by atoms with Gasteiger partial charge in [-0.1, -0.05) is 220 Å². The lowest BCUT2D eigenvalue weighted by Crippen LogP contribution is -2.38. The highest BCUT2D eigenvalue weighted by Crippen LogP contribution is 2.53. The van der Waals surface area contributed by atoms with E-state index < -0.39 is 17.2 Å². The van der Waals surface area contributed by atoms with E-state index in [4.69, 9.17) is 27.1 Å². The lowest BCUT2D eigenvalue weighted by atomic mass is 9.60. The topological polar surface area (TPSA) is 55.4 Å². The molecule has 0 atom stereocenters. The van der Waals surface area contributed by atoms with Crippen LogP contribution in [0.4, 0.5) is 0 Å². The smallest absolute Gasteiger partial charge is 0.418 e. The summed E-state index contributed by atoms with van der Waals surface area (Å²) in [6.45, 7) is 15.8. The van der Waals surface area contributed by atoms with Crippen molar-refractivity contribution in [2.45, 2.75) is 298 Å². The Kier molecular flexibility index (Phi) is 35.1. The van der Waals surface area contributed by atoms with Gasteiger partial charge in [-0.05, 0) is 143 Å². The van der Waals surface area contributed by atoms with Crippen molar-refractivity contribution < 1.29 is 27.1 Å². The van der Waals surface area contributed by atoms with Gasteiger partial charge in [0.15, 0.2) is 0 Å². The molecule has 2 aliphatic rings. The lowest BCUT2D eigenvalue weighted by Gasteiger charge is -2.46. The van der Waals surface area contributed by atoms with E-state index in [0.29, 0.717) is 11.8 Å². The maximum Gasteiger partial charge on any atom is 0.463 e. The molecule has 0 spiro atoms. The predicted molar refractivity (Wildman–Crippen MR) is 307 cm³/mol. The van der Waals surface area contributed by atoms with E-state index in [1.807, 2.05) is 0 Å². The Bertz CT molecular complexity index is 1460. The molecule has 71 heavy (non-hydrogen) atoms. The molecule has 0 aliphatic heterocycles. The summed E-state index contributed by atoms with van der Waals surface area (Å²) in [5, 5.41) is 0. The zero-order chi connectivity index (χ0) is 50.5. The average molecular weight is 1030 g/mol. The van der Waals surface area contributed by atoms with Crippen LogP contribution in [0.25, 0.3) is 0 Å². The van der Waals surface area contributed by atoms with Crippen LogP contribution in [0.1, 0.15) is 284 Å². The van der Waals surface area contributed by atoms with Crippen LogP contribution in [0.15, 0.2) is 48.5 Å². The van der Waals surface area contributed by atoms with E-state index in [1.54, 1.807) is 0 Å². The third-order valence-electron chi connectivity index (χ3n) is 16.1. The largest absolute Gasteiger partial charge is 0.463 e. The second-order valence-electron chi connectivity index (χ2n) is 22.6. The molecule has 0 unspecified atom stereocenters. The highest BCUT2D eigenvalue weighted by molar-refractivity contribution is 7.42. The molecule has 0 amide bonds. The van der Waals surface area contributed by atoms with Crippen molar-refractivity contribution in [2.75, 3.05) is 13.2 Å².